The third-order valence-electron chi connectivity index (χ3n) is 2.69. The van der Waals surface area contributed by atoms with Crippen molar-refractivity contribution in [3.8, 4) is 0 Å². The Morgan fingerprint density at radius 3 is 2.59 bits per heavy atom. The van der Waals surface area contributed by atoms with Crippen LogP contribution in [-0.4, -0.2) is 22.7 Å². The van der Waals surface area contributed by atoms with E-state index in [1.807, 2.05) is 6.92 Å². The smallest absolute Gasteiger partial charge is 0.335 e. The lowest BCUT2D eigenvalue weighted by Crippen LogP contribution is -2.31. The predicted molar refractivity (Wildman–Crippen MR) is 61.9 cm³/mol. The van der Waals surface area contributed by atoms with Gasteiger partial charge in [0.1, 0.15) is 0 Å². The predicted octanol–water partition coefficient (Wildman–Crippen LogP) is 1.24. The van der Waals surface area contributed by atoms with Crippen LogP contribution < -0.4 is 5.43 Å². The van der Waals surface area contributed by atoms with Gasteiger partial charge in [-0.2, -0.15) is 5.10 Å². The average Bonchev–Trinajstić information content (AvgIpc) is 2.29. The van der Waals surface area contributed by atoms with Crippen LogP contribution in [0.15, 0.2) is 29.4 Å². The Bertz CT molecular complexity index is 491. The fraction of sp³-hybridized carbons (Fsp3) is 0.250. The van der Waals surface area contributed by atoms with Crippen LogP contribution in [0, 0.1) is 5.92 Å². The molecule has 1 aliphatic heterocycles. The second-order valence-electron chi connectivity index (χ2n) is 4.02. The summed E-state index contributed by atoms with van der Waals surface area (Å²) >= 11 is 0. The largest absolute Gasteiger partial charge is 0.478 e. The van der Waals surface area contributed by atoms with E-state index in [-0.39, 0.29) is 17.4 Å². The minimum absolute atomic E-state index is 0.0411. The number of nitrogens with zero attached hydrogens (tertiary/aromatic N) is 1. The van der Waals surface area contributed by atoms with Crippen molar-refractivity contribution < 1.29 is 14.7 Å². The molecule has 88 valence electrons. The molecule has 5 nitrogen and oxygen atoms in total. The highest BCUT2D eigenvalue weighted by Gasteiger charge is 2.21. The quantitative estimate of drug-likeness (QED) is 0.805. The Morgan fingerprint density at radius 1 is 1.41 bits per heavy atom. The van der Waals surface area contributed by atoms with Crippen molar-refractivity contribution in [1.82, 2.24) is 5.43 Å². The molecule has 1 unspecified atom stereocenters. The molecular weight excluding hydrogens is 220 g/mol. The highest BCUT2D eigenvalue weighted by Crippen LogP contribution is 2.16. The molecule has 1 amide bonds. The number of benzene rings is 1. The molecule has 5 heteroatoms. The van der Waals surface area contributed by atoms with Gasteiger partial charge < -0.3 is 5.11 Å². The van der Waals surface area contributed by atoms with E-state index < -0.39 is 5.97 Å². The lowest BCUT2D eigenvalue weighted by Gasteiger charge is -2.19. The van der Waals surface area contributed by atoms with Crippen LogP contribution in [0.4, 0.5) is 0 Å². The van der Waals surface area contributed by atoms with E-state index in [1.165, 1.54) is 12.1 Å². The van der Waals surface area contributed by atoms with Gasteiger partial charge in [0.05, 0.1) is 11.3 Å². The number of rotatable bonds is 2. The Morgan fingerprint density at radius 2 is 2.06 bits per heavy atom. The van der Waals surface area contributed by atoms with Gasteiger partial charge in [-0.25, -0.2) is 10.2 Å². The third-order valence-corrected chi connectivity index (χ3v) is 2.69. The topological polar surface area (TPSA) is 78.8 Å². The summed E-state index contributed by atoms with van der Waals surface area (Å²) in [6.07, 6.45) is 0.402. The first-order valence-electron chi connectivity index (χ1n) is 5.28. The SMILES string of the molecule is CC1CC(=O)NN=C1c1ccc(C(=O)O)cc1. The molecule has 0 radical (unpaired) electrons. The fourth-order valence-electron chi connectivity index (χ4n) is 1.79. The number of hydrazone groups is 1. The maximum Gasteiger partial charge on any atom is 0.335 e. The Labute approximate surface area is 98.1 Å². The summed E-state index contributed by atoms with van der Waals surface area (Å²) < 4.78 is 0. The molecule has 1 aromatic carbocycles. The molecule has 2 N–H and O–H groups in total. The van der Waals surface area contributed by atoms with Gasteiger partial charge >= 0.3 is 5.97 Å². The van der Waals surface area contributed by atoms with Crippen LogP contribution in [0.3, 0.4) is 0 Å². The molecule has 0 bridgehead atoms. The van der Waals surface area contributed by atoms with Crippen molar-refractivity contribution in [3.63, 3.8) is 0 Å². The second kappa shape index (κ2) is 4.37. The highest BCUT2D eigenvalue weighted by atomic mass is 16.4. The van der Waals surface area contributed by atoms with Crippen LogP contribution in [0.1, 0.15) is 29.3 Å². The maximum absolute atomic E-state index is 11.1. The molecule has 0 aromatic heterocycles. The number of carbonyl (C=O) groups is 2. The average molecular weight is 232 g/mol. The van der Waals surface area contributed by atoms with Crippen molar-refractivity contribution in [2.24, 2.45) is 11.0 Å². The Hall–Kier alpha value is -2.17. The molecule has 0 spiro atoms. The van der Waals surface area contributed by atoms with Crippen LogP contribution >= 0.6 is 0 Å². The van der Waals surface area contributed by atoms with E-state index >= 15 is 0 Å². The van der Waals surface area contributed by atoms with Crippen LogP contribution in [0.5, 0.6) is 0 Å². The van der Waals surface area contributed by atoms with Gasteiger partial charge in [0.15, 0.2) is 0 Å². The summed E-state index contributed by atoms with van der Waals surface area (Å²) in [5, 5.41) is 12.8. The molecule has 0 fully saturated rings. The summed E-state index contributed by atoms with van der Waals surface area (Å²) in [5.74, 6) is -1.01. The van der Waals surface area contributed by atoms with Gasteiger partial charge in [-0.05, 0) is 17.7 Å². The maximum atomic E-state index is 11.1. The molecule has 17 heavy (non-hydrogen) atoms. The van der Waals surface area contributed by atoms with E-state index in [0.717, 1.165) is 11.3 Å². The van der Waals surface area contributed by atoms with E-state index in [0.29, 0.717) is 6.42 Å². The fourth-order valence-corrected chi connectivity index (χ4v) is 1.79. The van der Waals surface area contributed by atoms with Gasteiger partial charge in [-0.3, -0.25) is 4.79 Å². The molecule has 0 saturated carbocycles. The standard InChI is InChI=1S/C12H12N2O3/c1-7-6-10(15)13-14-11(7)8-2-4-9(5-3-8)12(16)17/h2-5,7H,6H2,1H3,(H,13,15)(H,16,17). The van der Waals surface area contributed by atoms with Gasteiger partial charge in [0.2, 0.25) is 5.91 Å². The zero-order chi connectivity index (χ0) is 12.4. The van der Waals surface area contributed by atoms with Crippen LogP contribution in [0.2, 0.25) is 0 Å². The monoisotopic (exact) mass is 232 g/mol. The highest BCUT2D eigenvalue weighted by molar-refractivity contribution is 6.06. The molecule has 2 rings (SSSR count). The number of amides is 1. The minimum atomic E-state index is -0.955. The molecule has 1 atom stereocenters. The minimum Gasteiger partial charge on any atom is -0.478 e. The number of carboxylic acid groups (broad SMARTS) is 1. The molecule has 0 saturated heterocycles. The molecule has 1 heterocycles. The zero-order valence-electron chi connectivity index (χ0n) is 9.30. The van der Waals surface area contributed by atoms with E-state index in [2.05, 4.69) is 10.5 Å². The van der Waals surface area contributed by atoms with Crippen LogP contribution in [-0.2, 0) is 4.79 Å². The van der Waals surface area contributed by atoms with Crippen molar-refractivity contribution in [2.45, 2.75) is 13.3 Å². The number of carbonyl (C=O) groups excluding carboxylic acids is 1. The lowest BCUT2D eigenvalue weighted by atomic mass is 9.93. The molecule has 1 aromatic rings. The van der Waals surface area contributed by atoms with Gasteiger partial charge in [-0.1, -0.05) is 19.1 Å². The normalized spacial score (nSPS) is 19.5. The Balaban J connectivity index is 2.28. The third kappa shape index (κ3) is 2.33. The first kappa shape index (κ1) is 11.3. The van der Waals surface area contributed by atoms with E-state index in [1.54, 1.807) is 12.1 Å². The summed E-state index contributed by atoms with van der Waals surface area (Å²) in [4.78, 5) is 21.8. The molecule has 0 aliphatic carbocycles. The molecule has 1 aliphatic rings. The Kier molecular flexibility index (Phi) is 2.91. The number of hydrogen-bond acceptors (Lipinski definition) is 3. The van der Waals surface area contributed by atoms with Crippen molar-refractivity contribution in [3.05, 3.63) is 35.4 Å². The van der Waals surface area contributed by atoms with Crippen molar-refractivity contribution in [2.75, 3.05) is 0 Å². The summed E-state index contributed by atoms with van der Waals surface area (Å²) in [7, 11) is 0. The number of hydrogen-bond donors (Lipinski definition) is 2. The number of nitrogens with one attached hydrogen (secondary N) is 1. The summed E-state index contributed by atoms with van der Waals surface area (Å²) in [6, 6.07) is 6.47. The second-order valence-corrected chi connectivity index (χ2v) is 4.02. The van der Waals surface area contributed by atoms with Gasteiger partial charge in [0.25, 0.3) is 0 Å². The van der Waals surface area contributed by atoms with Crippen molar-refractivity contribution in [1.29, 1.82) is 0 Å². The summed E-state index contributed by atoms with van der Waals surface area (Å²) in [6.45, 7) is 1.92. The lowest BCUT2D eigenvalue weighted by molar-refractivity contribution is -0.121. The van der Waals surface area contributed by atoms with Gasteiger partial charge in [-0.15, -0.1) is 0 Å². The summed E-state index contributed by atoms with van der Waals surface area (Å²) in [5.41, 5.74) is 4.28. The van der Waals surface area contributed by atoms with Gasteiger partial charge in [0, 0.05) is 12.3 Å². The van der Waals surface area contributed by atoms with E-state index in [4.69, 9.17) is 5.11 Å². The number of carboxylic acids is 1. The first-order chi connectivity index (χ1) is 8.08. The van der Waals surface area contributed by atoms with Crippen molar-refractivity contribution >= 4 is 17.6 Å². The first-order valence-corrected chi connectivity index (χ1v) is 5.28. The van der Waals surface area contributed by atoms with E-state index in [9.17, 15) is 9.59 Å². The zero-order valence-corrected chi connectivity index (χ0v) is 9.30. The number of aromatic carboxylic acids is 1. The van der Waals surface area contributed by atoms with Crippen LogP contribution in [0.25, 0.3) is 0 Å². The molecular formula is C12H12N2O3.